The second kappa shape index (κ2) is 22.1. The van der Waals surface area contributed by atoms with Gasteiger partial charge in [0.2, 0.25) is 0 Å². The molecule has 35 heavy (non-hydrogen) atoms. The molecule has 0 saturated heterocycles. The van der Waals surface area contributed by atoms with Crippen LogP contribution in [-0.2, 0) is 29.1 Å². The molecule has 0 bridgehead atoms. The maximum atomic E-state index is 12.2. The summed E-state index contributed by atoms with van der Waals surface area (Å²) in [7, 11) is 0. The highest BCUT2D eigenvalue weighted by Gasteiger charge is 2.06. The zero-order valence-corrected chi connectivity index (χ0v) is 22.1. The van der Waals surface area contributed by atoms with Crippen LogP contribution >= 0.6 is 0 Å². The van der Waals surface area contributed by atoms with E-state index < -0.39 is 0 Å². The second-order valence-electron chi connectivity index (χ2n) is 6.78. The molecular formula is C28H43N5O2. The van der Waals surface area contributed by atoms with Gasteiger partial charge >= 0.3 is 0 Å². The van der Waals surface area contributed by atoms with Crippen LogP contribution in [0.4, 0.5) is 0 Å². The Kier molecular flexibility index (Phi) is 21.1. The number of carbonyl (C=O) groups excluding carboxylic acids is 2. The molecule has 2 aromatic carbocycles. The number of nitrogen functional groups attached to an aromatic ring is 1. The minimum Gasteiger partial charge on any atom is -0.404 e. The topological polar surface area (TPSA) is 134 Å². The van der Waals surface area contributed by atoms with Crippen molar-refractivity contribution in [3.63, 3.8) is 0 Å². The van der Waals surface area contributed by atoms with Crippen LogP contribution in [0.25, 0.3) is 0 Å². The summed E-state index contributed by atoms with van der Waals surface area (Å²) in [5, 5.41) is 10.1. The average Bonchev–Trinajstić information content (AvgIpc) is 2.89. The van der Waals surface area contributed by atoms with Gasteiger partial charge in [0.25, 0.3) is 5.91 Å². The number of hydrogen-bond donors (Lipinski definition) is 4. The Labute approximate surface area is 211 Å². The molecule has 192 valence electrons. The van der Waals surface area contributed by atoms with E-state index in [1.165, 1.54) is 18.8 Å². The van der Waals surface area contributed by atoms with Gasteiger partial charge < -0.3 is 21.6 Å². The van der Waals surface area contributed by atoms with Gasteiger partial charge in [-0.05, 0) is 16.7 Å². The van der Waals surface area contributed by atoms with Gasteiger partial charge in [-0.3, -0.25) is 15.2 Å². The Bertz CT molecular complexity index is 902. The van der Waals surface area contributed by atoms with Gasteiger partial charge in [-0.1, -0.05) is 96.5 Å². The molecule has 0 radical (unpaired) electrons. The predicted molar refractivity (Wildman–Crippen MR) is 149 cm³/mol. The molecule has 0 heterocycles. The van der Waals surface area contributed by atoms with E-state index in [9.17, 15) is 9.59 Å². The van der Waals surface area contributed by atoms with E-state index in [0.717, 1.165) is 23.0 Å². The number of carbonyl (C=O) groups is 2. The van der Waals surface area contributed by atoms with Crippen LogP contribution < -0.4 is 16.8 Å². The smallest absolute Gasteiger partial charge is 0.254 e. The Hall–Kier alpha value is -3.74. The summed E-state index contributed by atoms with van der Waals surface area (Å²) in [5.74, 6) is -0.332. The maximum absolute atomic E-state index is 12.2. The van der Waals surface area contributed by atoms with Gasteiger partial charge in [0, 0.05) is 30.9 Å². The molecule has 2 rings (SSSR count). The Balaban J connectivity index is 0. The van der Waals surface area contributed by atoms with Gasteiger partial charge in [0.1, 0.15) is 12.1 Å². The summed E-state index contributed by atoms with van der Waals surface area (Å²) in [4.78, 5) is 27.0. The first-order valence-electron chi connectivity index (χ1n) is 12.1. The summed E-state index contributed by atoms with van der Waals surface area (Å²) >= 11 is 0. The number of nitrogens with one attached hydrogen (secondary N) is 2. The van der Waals surface area contributed by atoms with E-state index in [1.54, 1.807) is 24.3 Å². The van der Waals surface area contributed by atoms with Gasteiger partial charge in [0.05, 0.1) is 12.1 Å². The fourth-order valence-corrected chi connectivity index (χ4v) is 2.39. The molecule has 1 amide bonds. The lowest BCUT2D eigenvalue weighted by Crippen LogP contribution is -2.25. The van der Waals surface area contributed by atoms with Crippen LogP contribution in [0.2, 0.25) is 0 Å². The summed E-state index contributed by atoms with van der Waals surface area (Å²) in [6, 6.07) is 14.6. The van der Waals surface area contributed by atoms with Gasteiger partial charge in [-0.2, -0.15) is 0 Å². The van der Waals surface area contributed by atoms with E-state index in [2.05, 4.69) is 24.2 Å². The van der Waals surface area contributed by atoms with E-state index in [-0.39, 0.29) is 17.3 Å². The van der Waals surface area contributed by atoms with Crippen LogP contribution in [0.5, 0.6) is 0 Å². The molecule has 0 aliphatic heterocycles. The van der Waals surface area contributed by atoms with Crippen molar-refractivity contribution in [3.8, 4) is 0 Å². The van der Waals surface area contributed by atoms with Gasteiger partial charge in [-0.25, -0.2) is 0 Å². The lowest BCUT2D eigenvalue weighted by atomic mass is 10.1. The molecule has 7 heteroatoms. The first-order valence-corrected chi connectivity index (χ1v) is 12.1. The Morgan fingerprint density at radius 3 is 1.89 bits per heavy atom. The minimum atomic E-state index is -0.330. The zero-order valence-electron chi connectivity index (χ0n) is 22.1. The van der Waals surface area contributed by atoms with Crippen LogP contribution in [0.3, 0.4) is 0 Å². The number of amidine groups is 1. The van der Waals surface area contributed by atoms with Crippen molar-refractivity contribution in [2.24, 2.45) is 16.5 Å². The van der Waals surface area contributed by atoms with Crippen LogP contribution in [0.1, 0.15) is 70.2 Å². The highest BCUT2D eigenvalue weighted by molar-refractivity contribution is 6.12. The number of benzene rings is 2. The van der Waals surface area contributed by atoms with Crippen molar-refractivity contribution in [2.75, 3.05) is 0 Å². The van der Waals surface area contributed by atoms with Crippen LogP contribution in [0.15, 0.2) is 65.3 Å². The fraction of sp³-hybridized carbons (Fsp3) is 0.357. The SMILES string of the molecule is CC.CC.CCC.N=C(N)c1ccc(CNC(=O)/C(C=NCc2ccc(CC=O)cc2)=C/N)cc1. The molecule has 0 fully saturated rings. The molecule has 7 nitrogen and oxygen atoms in total. The predicted octanol–water partition coefficient (Wildman–Crippen LogP) is 4.91. The number of aliphatic imine (C=N–C) groups is 1. The van der Waals surface area contributed by atoms with Crippen molar-refractivity contribution in [3.05, 3.63) is 82.6 Å². The molecule has 0 aliphatic carbocycles. The number of amides is 1. The van der Waals surface area contributed by atoms with Gasteiger partial charge in [-0.15, -0.1) is 0 Å². The summed E-state index contributed by atoms with van der Waals surface area (Å²) in [6.45, 7) is 13.0. The molecule has 0 spiro atoms. The number of nitrogens with two attached hydrogens (primary N) is 2. The third kappa shape index (κ3) is 14.9. The first kappa shape index (κ1) is 33.4. The lowest BCUT2D eigenvalue weighted by molar-refractivity contribution is -0.117. The summed E-state index contributed by atoms with van der Waals surface area (Å²) in [6.07, 6.45) is 5.15. The van der Waals surface area contributed by atoms with Gasteiger partial charge in [0.15, 0.2) is 0 Å². The number of rotatable bonds is 9. The third-order valence-corrected chi connectivity index (χ3v) is 4.01. The Morgan fingerprint density at radius 2 is 1.43 bits per heavy atom. The monoisotopic (exact) mass is 481 g/mol. The first-order chi connectivity index (χ1) is 16.9. The molecule has 6 N–H and O–H groups in total. The number of hydrogen-bond acceptors (Lipinski definition) is 5. The van der Waals surface area contributed by atoms with Crippen molar-refractivity contribution in [1.29, 1.82) is 5.41 Å². The quantitative estimate of drug-likeness (QED) is 0.175. The van der Waals surface area contributed by atoms with Crippen molar-refractivity contribution in [2.45, 2.75) is 67.5 Å². The molecule has 0 saturated carbocycles. The maximum Gasteiger partial charge on any atom is 0.254 e. The number of nitrogens with zero attached hydrogens (tertiary/aromatic N) is 1. The largest absolute Gasteiger partial charge is 0.404 e. The van der Waals surface area contributed by atoms with Crippen molar-refractivity contribution < 1.29 is 9.59 Å². The average molecular weight is 482 g/mol. The zero-order chi connectivity index (χ0) is 27.1. The fourth-order valence-electron chi connectivity index (χ4n) is 2.39. The highest BCUT2D eigenvalue weighted by atomic mass is 16.1. The van der Waals surface area contributed by atoms with Crippen molar-refractivity contribution >= 4 is 24.2 Å². The minimum absolute atomic E-state index is 0.00136. The molecule has 0 atom stereocenters. The summed E-state index contributed by atoms with van der Waals surface area (Å²) in [5.41, 5.74) is 14.6. The molecular weight excluding hydrogens is 438 g/mol. The highest BCUT2D eigenvalue weighted by Crippen LogP contribution is 2.06. The standard InChI is InChI=1S/C21H23N5O2.C3H8.2C2H6/c22-11-19(14-25-12-16-3-1-15(2-4-16)9-10-27)21(28)26-13-17-5-7-18(8-6-17)20(23)24;1-3-2;2*1-2/h1-8,10-11,14H,9,12-13,22H2,(H3,23,24)(H,26,28);3H2,1-2H3;2*1-2H3/b19-11+,25-14?;;;. The molecule has 0 aromatic heterocycles. The lowest BCUT2D eigenvalue weighted by Gasteiger charge is -2.06. The molecule has 0 aliphatic rings. The molecule has 0 unspecified atom stereocenters. The molecule has 2 aromatic rings. The van der Waals surface area contributed by atoms with Crippen molar-refractivity contribution in [1.82, 2.24) is 5.32 Å². The Morgan fingerprint density at radius 1 is 0.943 bits per heavy atom. The summed E-state index contributed by atoms with van der Waals surface area (Å²) < 4.78 is 0. The van der Waals surface area contributed by atoms with E-state index in [1.807, 2.05) is 52.0 Å². The number of aldehydes is 1. The van der Waals surface area contributed by atoms with E-state index >= 15 is 0 Å². The van der Waals surface area contributed by atoms with Crippen LogP contribution in [-0.4, -0.2) is 24.2 Å². The third-order valence-electron chi connectivity index (χ3n) is 4.01. The normalized spacial score (nSPS) is 9.94. The van der Waals surface area contributed by atoms with Crippen LogP contribution in [0, 0.1) is 5.41 Å². The second-order valence-corrected chi connectivity index (χ2v) is 6.78. The van der Waals surface area contributed by atoms with E-state index in [4.69, 9.17) is 16.9 Å². The van der Waals surface area contributed by atoms with E-state index in [0.29, 0.717) is 25.1 Å².